The van der Waals surface area contributed by atoms with Gasteiger partial charge in [-0.15, -0.1) is 0 Å². The van der Waals surface area contributed by atoms with Gasteiger partial charge in [0.2, 0.25) is 0 Å². The Morgan fingerprint density at radius 3 is 2.46 bits per heavy atom. The number of carbonyl (C=O) groups excluding carboxylic acids is 1. The fraction of sp³-hybridized carbons (Fsp3) is 0.276. The molecule has 8 heteroatoms. The molecule has 1 atom stereocenters. The number of aromatic nitrogens is 2. The van der Waals surface area contributed by atoms with Crippen LogP contribution in [-0.4, -0.2) is 27.0 Å². The summed E-state index contributed by atoms with van der Waals surface area (Å²) >= 11 is 0. The van der Waals surface area contributed by atoms with Gasteiger partial charge < -0.3 is 10.2 Å². The summed E-state index contributed by atoms with van der Waals surface area (Å²) in [6.45, 7) is 9.88. The Bertz CT molecular complexity index is 1530. The van der Waals surface area contributed by atoms with Crippen LogP contribution in [-0.2, 0) is 0 Å². The summed E-state index contributed by atoms with van der Waals surface area (Å²) in [6.07, 6.45) is 0. The third-order valence-electron chi connectivity index (χ3n) is 6.24. The summed E-state index contributed by atoms with van der Waals surface area (Å²) in [6, 6.07) is 14.7. The van der Waals surface area contributed by atoms with Crippen molar-refractivity contribution in [3.63, 3.8) is 0 Å². The molecule has 0 fully saturated rings. The smallest absolute Gasteiger partial charge is 0.314 e. The second-order valence-electron chi connectivity index (χ2n) is 9.69. The van der Waals surface area contributed by atoms with E-state index >= 15 is 0 Å². The van der Waals surface area contributed by atoms with Crippen molar-refractivity contribution in [3.8, 4) is 5.69 Å². The van der Waals surface area contributed by atoms with Gasteiger partial charge >= 0.3 is 6.03 Å². The maximum absolute atomic E-state index is 14.3. The third kappa shape index (κ3) is 5.38. The average Bonchev–Trinajstić information content (AvgIpc) is 2.85. The summed E-state index contributed by atoms with van der Waals surface area (Å²) < 4.78 is 29.3. The summed E-state index contributed by atoms with van der Waals surface area (Å²) in [5, 5.41) is 3.02. The molecule has 0 aliphatic heterocycles. The highest BCUT2D eigenvalue weighted by Gasteiger charge is 2.28. The fourth-order valence-corrected chi connectivity index (χ4v) is 4.35. The molecule has 0 radical (unpaired) electrons. The standard InChI is InChI=1S/C29H30F2N4O2/c1-17(2)16-34(29(37)33-25-13-12-21(30)15-23(25)31)20(5)27-32-24-9-7-6-8-22(24)28(36)35(27)26-14-18(3)10-11-19(26)4/h6-15,17,20H,16H2,1-5H3,(H,33,37). The van der Waals surface area contributed by atoms with E-state index in [1.807, 2.05) is 45.9 Å². The average molecular weight is 505 g/mol. The van der Waals surface area contributed by atoms with E-state index in [2.05, 4.69) is 5.32 Å². The molecule has 0 saturated heterocycles. The molecule has 1 N–H and O–H groups in total. The highest BCUT2D eigenvalue weighted by molar-refractivity contribution is 5.89. The number of benzene rings is 3. The van der Waals surface area contributed by atoms with Gasteiger partial charge in [0.15, 0.2) is 0 Å². The van der Waals surface area contributed by atoms with Crippen molar-refractivity contribution >= 4 is 22.6 Å². The molecule has 6 nitrogen and oxygen atoms in total. The number of carbonyl (C=O) groups is 1. The number of urea groups is 1. The van der Waals surface area contributed by atoms with E-state index in [1.165, 1.54) is 11.0 Å². The Morgan fingerprint density at radius 2 is 1.76 bits per heavy atom. The fourth-order valence-electron chi connectivity index (χ4n) is 4.35. The molecular weight excluding hydrogens is 474 g/mol. The third-order valence-corrected chi connectivity index (χ3v) is 6.24. The molecule has 0 aliphatic carbocycles. The molecule has 0 saturated carbocycles. The molecule has 4 aromatic rings. The van der Waals surface area contributed by atoms with Crippen LogP contribution < -0.4 is 10.9 Å². The van der Waals surface area contributed by atoms with Gasteiger partial charge in [0.1, 0.15) is 17.5 Å². The molecule has 1 aromatic heterocycles. The zero-order chi connectivity index (χ0) is 26.9. The number of aryl methyl sites for hydroxylation is 2. The maximum atomic E-state index is 14.3. The van der Waals surface area contributed by atoms with Crippen LogP contribution in [0.2, 0.25) is 0 Å². The molecule has 37 heavy (non-hydrogen) atoms. The van der Waals surface area contributed by atoms with Gasteiger partial charge in [0.05, 0.1) is 28.3 Å². The quantitative estimate of drug-likeness (QED) is 0.325. The van der Waals surface area contributed by atoms with Gasteiger partial charge in [-0.2, -0.15) is 0 Å². The number of fused-ring (bicyclic) bond motifs is 1. The van der Waals surface area contributed by atoms with Crippen molar-refractivity contribution in [1.82, 2.24) is 14.5 Å². The second kappa shape index (κ2) is 10.5. The van der Waals surface area contributed by atoms with Crippen molar-refractivity contribution in [2.75, 3.05) is 11.9 Å². The number of para-hydroxylation sites is 1. The Kier molecular flexibility index (Phi) is 7.38. The van der Waals surface area contributed by atoms with Crippen molar-refractivity contribution in [3.05, 3.63) is 99.6 Å². The number of hydrogen-bond acceptors (Lipinski definition) is 3. The summed E-state index contributed by atoms with van der Waals surface area (Å²) in [7, 11) is 0. The molecule has 0 spiro atoms. The number of anilines is 1. The monoisotopic (exact) mass is 504 g/mol. The minimum atomic E-state index is -0.873. The molecule has 192 valence electrons. The predicted molar refractivity (Wildman–Crippen MR) is 142 cm³/mol. The minimum Gasteiger partial charge on any atom is -0.314 e. The first-order valence-electron chi connectivity index (χ1n) is 12.2. The lowest BCUT2D eigenvalue weighted by Crippen LogP contribution is -2.42. The molecule has 2 amide bonds. The summed E-state index contributed by atoms with van der Waals surface area (Å²) in [4.78, 5) is 33.6. The predicted octanol–water partition coefficient (Wildman–Crippen LogP) is 6.53. The van der Waals surface area contributed by atoms with Crippen molar-refractivity contribution in [1.29, 1.82) is 0 Å². The molecule has 4 rings (SSSR count). The first-order valence-corrected chi connectivity index (χ1v) is 12.2. The van der Waals surface area contributed by atoms with E-state index in [9.17, 15) is 18.4 Å². The van der Waals surface area contributed by atoms with E-state index in [1.54, 1.807) is 35.8 Å². The maximum Gasteiger partial charge on any atom is 0.322 e. The Balaban J connectivity index is 1.88. The van der Waals surface area contributed by atoms with Crippen LogP contribution in [0.5, 0.6) is 0 Å². The van der Waals surface area contributed by atoms with Gasteiger partial charge in [0, 0.05) is 12.6 Å². The first kappa shape index (κ1) is 26.0. The molecular formula is C29H30F2N4O2. The Morgan fingerprint density at radius 1 is 1.03 bits per heavy atom. The number of hydrogen-bond donors (Lipinski definition) is 1. The number of nitrogens with zero attached hydrogens (tertiary/aromatic N) is 3. The van der Waals surface area contributed by atoms with Gasteiger partial charge in [0.25, 0.3) is 5.56 Å². The SMILES string of the molecule is Cc1ccc(C)c(-n2c(C(C)N(CC(C)C)C(=O)Nc3ccc(F)cc3F)nc3ccccc3c2=O)c1. The number of nitrogens with one attached hydrogen (secondary N) is 1. The van der Waals surface area contributed by atoms with Crippen LogP contribution in [0.3, 0.4) is 0 Å². The zero-order valence-corrected chi connectivity index (χ0v) is 21.5. The number of halogens is 2. The van der Waals surface area contributed by atoms with Gasteiger partial charge in [-0.1, -0.05) is 38.1 Å². The topological polar surface area (TPSA) is 67.2 Å². The number of amides is 2. The Hall–Kier alpha value is -4.07. The molecule has 3 aromatic carbocycles. The Labute approximate surface area is 214 Å². The van der Waals surface area contributed by atoms with E-state index in [4.69, 9.17) is 4.98 Å². The summed E-state index contributed by atoms with van der Waals surface area (Å²) in [5.41, 5.74) is 2.68. The molecule has 0 aliphatic rings. The normalized spacial score (nSPS) is 12.1. The van der Waals surface area contributed by atoms with Crippen LogP contribution in [0.15, 0.2) is 65.5 Å². The summed E-state index contributed by atoms with van der Waals surface area (Å²) in [5.74, 6) is -1.16. The highest BCUT2D eigenvalue weighted by Crippen LogP contribution is 2.27. The van der Waals surface area contributed by atoms with E-state index in [0.29, 0.717) is 29.0 Å². The van der Waals surface area contributed by atoms with Crippen molar-refractivity contribution in [2.24, 2.45) is 5.92 Å². The second-order valence-corrected chi connectivity index (χ2v) is 9.69. The molecule has 1 unspecified atom stereocenters. The van der Waals surface area contributed by atoms with Gasteiger partial charge in [-0.05, 0) is 68.1 Å². The zero-order valence-electron chi connectivity index (χ0n) is 21.5. The lowest BCUT2D eigenvalue weighted by atomic mass is 10.1. The molecule has 0 bridgehead atoms. The molecule has 1 heterocycles. The van der Waals surface area contributed by atoms with Crippen LogP contribution in [0, 0.1) is 31.4 Å². The van der Waals surface area contributed by atoms with Crippen LogP contribution in [0.1, 0.15) is 43.8 Å². The minimum absolute atomic E-state index is 0.0626. The van der Waals surface area contributed by atoms with Crippen molar-refractivity contribution < 1.29 is 13.6 Å². The van der Waals surface area contributed by atoms with E-state index < -0.39 is 23.7 Å². The van der Waals surface area contributed by atoms with E-state index in [-0.39, 0.29) is 17.2 Å². The highest BCUT2D eigenvalue weighted by atomic mass is 19.1. The lowest BCUT2D eigenvalue weighted by Gasteiger charge is -2.32. The van der Waals surface area contributed by atoms with E-state index in [0.717, 1.165) is 23.3 Å². The number of rotatable bonds is 6. The van der Waals surface area contributed by atoms with Crippen LogP contribution in [0.4, 0.5) is 19.3 Å². The van der Waals surface area contributed by atoms with Crippen LogP contribution >= 0.6 is 0 Å². The van der Waals surface area contributed by atoms with Gasteiger partial charge in [-0.3, -0.25) is 9.36 Å². The first-order chi connectivity index (χ1) is 17.6. The van der Waals surface area contributed by atoms with Crippen molar-refractivity contribution in [2.45, 2.75) is 40.7 Å². The largest absolute Gasteiger partial charge is 0.322 e. The lowest BCUT2D eigenvalue weighted by molar-refractivity contribution is 0.179. The van der Waals surface area contributed by atoms with Crippen LogP contribution in [0.25, 0.3) is 16.6 Å². The van der Waals surface area contributed by atoms with Gasteiger partial charge in [-0.25, -0.2) is 18.6 Å².